The Bertz CT molecular complexity index is 1230. The Morgan fingerprint density at radius 2 is 1.71 bits per heavy atom. The number of nitrogens with zero attached hydrogens (tertiary/aromatic N) is 1. The summed E-state index contributed by atoms with van der Waals surface area (Å²) in [6, 6.07) is 23.5. The molecule has 5 N–H and O–H groups in total. The molecule has 0 unspecified atom stereocenters. The summed E-state index contributed by atoms with van der Waals surface area (Å²) in [5.41, 5.74) is 18.6. The lowest BCUT2D eigenvalue weighted by Crippen LogP contribution is -2.12. The van der Waals surface area contributed by atoms with E-state index in [9.17, 15) is 4.79 Å². The third-order valence-electron chi connectivity index (χ3n) is 5.11. The van der Waals surface area contributed by atoms with Crippen molar-refractivity contribution in [1.29, 1.82) is 0 Å². The highest BCUT2D eigenvalue weighted by molar-refractivity contribution is 6.00. The number of primary amides is 1. The SMILES string of the molecule is NCCc1[nH]c(-c2ccnc(/C=C/c3ccccc3)c2)cc1-c1ccccc1C(N)=O. The Morgan fingerprint density at radius 3 is 2.48 bits per heavy atom. The summed E-state index contributed by atoms with van der Waals surface area (Å²) in [6.45, 7) is 0.493. The number of amides is 1. The Balaban J connectivity index is 1.72. The third kappa shape index (κ3) is 4.63. The van der Waals surface area contributed by atoms with E-state index in [1.54, 1.807) is 12.3 Å². The molecule has 5 nitrogen and oxygen atoms in total. The first kappa shape index (κ1) is 20.3. The fourth-order valence-electron chi connectivity index (χ4n) is 3.62. The lowest BCUT2D eigenvalue weighted by atomic mass is 9.98. The molecule has 0 aliphatic heterocycles. The average molecular weight is 409 g/mol. The van der Waals surface area contributed by atoms with Crippen LogP contribution in [0.2, 0.25) is 0 Å². The summed E-state index contributed by atoms with van der Waals surface area (Å²) < 4.78 is 0. The number of benzene rings is 2. The number of nitrogens with one attached hydrogen (secondary N) is 1. The number of aromatic nitrogens is 2. The van der Waals surface area contributed by atoms with Gasteiger partial charge in [-0.3, -0.25) is 9.78 Å². The molecule has 0 saturated carbocycles. The van der Waals surface area contributed by atoms with Crippen LogP contribution in [0, 0.1) is 0 Å². The number of H-pyrrole nitrogens is 1. The summed E-state index contributed by atoms with van der Waals surface area (Å²) in [5.74, 6) is -0.450. The number of carbonyl (C=O) groups is 1. The van der Waals surface area contributed by atoms with Crippen LogP contribution in [0.3, 0.4) is 0 Å². The van der Waals surface area contributed by atoms with E-state index in [-0.39, 0.29) is 0 Å². The van der Waals surface area contributed by atoms with Crippen LogP contribution in [0.25, 0.3) is 34.5 Å². The standard InChI is InChI=1S/C26H24N4O/c27-14-12-24-23(21-8-4-5-9-22(21)26(28)31)17-25(30-24)19-13-15-29-20(16-19)11-10-18-6-2-1-3-7-18/h1-11,13,15-17,30H,12,14,27H2,(H2,28,31)/b11-10+. The van der Waals surface area contributed by atoms with Crippen molar-refractivity contribution >= 4 is 18.1 Å². The van der Waals surface area contributed by atoms with E-state index in [1.165, 1.54) is 0 Å². The van der Waals surface area contributed by atoms with Crippen molar-refractivity contribution in [3.63, 3.8) is 0 Å². The molecule has 5 heteroatoms. The molecule has 0 atom stereocenters. The van der Waals surface area contributed by atoms with E-state index in [0.29, 0.717) is 18.5 Å². The molecule has 2 aromatic heterocycles. The van der Waals surface area contributed by atoms with Crippen LogP contribution in [0.15, 0.2) is 79.0 Å². The number of carbonyl (C=O) groups excluding carboxylic acids is 1. The molecule has 4 aromatic rings. The van der Waals surface area contributed by atoms with Gasteiger partial charge in [0, 0.05) is 40.7 Å². The van der Waals surface area contributed by atoms with Gasteiger partial charge >= 0.3 is 0 Å². The minimum Gasteiger partial charge on any atom is -0.366 e. The largest absolute Gasteiger partial charge is 0.366 e. The molecule has 2 heterocycles. The molecule has 154 valence electrons. The highest BCUT2D eigenvalue weighted by Gasteiger charge is 2.16. The van der Waals surface area contributed by atoms with Crippen LogP contribution >= 0.6 is 0 Å². The minimum atomic E-state index is -0.450. The summed E-state index contributed by atoms with van der Waals surface area (Å²) in [6.07, 6.45) is 6.48. The van der Waals surface area contributed by atoms with Crippen LogP contribution in [0.1, 0.15) is 27.3 Å². The van der Waals surface area contributed by atoms with Crippen molar-refractivity contribution in [3.05, 3.63) is 102 Å². The van der Waals surface area contributed by atoms with Crippen LogP contribution in [-0.4, -0.2) is 22.4 Å². The van der Waals surface area contributed by atoms with Crippen LogP contribution in [0.5, 0.6) is 0 Å². The van der Waals surface area contributed by atoms with Crippen molar-refractivity contribution in [3.8, 4) is 22.4 Å². The van der Waals surface area contributed by atoms with Gasteiger partial charge in [0.1, 0.15) is 0 Å². The molecule has 0 fully saturated rings. The second-order valence-corrected chi connectivity index (χ2v) is 7.24. The smallest absolute Gasteiger partial charge is 0.249 e. The van der Waals surface area contributed by atoms with Gasteiger partial charge in [0.05, 0.1) is 5.69 Å². The molecule has 31 heavy (non-hydrogen) atoms. The number of nitrogens with two attached hydrogens (primary N) is 2. The molecule has 0 radical (unpaired) electrons. The monoisotopic (exact) mass is 408 g/mol. The predicted molar refractivity (Wildman–Crippen MR) is 126 cm³/mol. The fraction of sp³-hybridized carbons (Fsp3) is 0.0769. The normalized spacial score (nSPS) is 11.1. The summed E-state index contributed by atoms with van der Waals surface area (Å²) >= 11 is 0. The predicted octanol–water partition coefficient (Wildman–Crippen LogP) is 4.51. The van der Waals surface area contributed by atoms with E-state index in [2.05, 4.69) is 9.97 Å². The minimum absolute atomic E-state index is 0.450. The number of hydrogen-bond donors (Lipinski definition) is 3. The molecule has 0 aliphatic rings. The molecule has 2 aromatic carbocycles. The van der Waals surface area contributed by atoms with E-state index in [4.69, 9.17) is 11.5 Å². The fourth-order valence-corrected chi connectivity index (χ4v) is 3.62. The summed E-state index contributed by atoms with van der Waals surface area (Å²) in [5, 5.41) is 0. The number of pyridine rings is 1. The number of rotatable bonds is 7. The van der Waals surface area contributed by atoms with E-state index in [0.717, 1.165) is 39.3 Å². The molecule has 1 amide bonds. The zero-order valence-electron chi connectivity index (χ0n) is 17.1. The highest BCUT2D eigenvalue weighted by atomic mass is 16.1. The zero-order valence-corrected chi connectivity index (χ0v) is 17.1. The molecule has 0 bridgehead atoms. The maximum absolute atomic E-state index is 11.9. The van der Waals surface area contributed by atoms with E-state index in [1.807, 2.05) is 78.9 Å². The first-order valence-electron chi connectivity index (χ1n) is 10.2. The van der Waals surface area contributed by atoms with Gasteiger partial charge in [0.2, 0.25) is 5.91 Å². The first-order valence-corrected chi connectivity index (χ1v) is 10.2. The lowest BCUT2D eigenvalue weighted by molar-refractivity contribution is 0.100. The molecule has 0 saturated heterocycles. The Hall–Kier alpha value is -3.96. The maximum Gasteiger partial charge on any atom is 0.249 e. The van der Waals surface area contributed by atoms with Crippen molar-refractivity contribution in [1.82, 2.24) is 9.97 Å². The molecular formula is C26H24N4O. The van der Waals surface area contributed by atoms with Gasteiger partial charge in [-0.25, -0.2) is 0 Å². The van der Waals surface area contributed by atoms with Gasteiger partial charge in [-0.15, -0.1) is 0 Å². The Morgan fingerprint density at radius 1 is 0.935 bits per heavy atom. The second kappa shape index (κ2) is 9.24. The van der Waals surface area contributed by atoms with Crippen LogP contribution in [-0.2, 0) is 6.42 Å². The Labute approximate surface area is 181 Å². The van der Waals surface area contributed by atoms with Crippen molar-refractivity contribution in [2.75, 3.05) is 6.54 Å². The van der Waals surface area contributed by atoms with Crippen molar-refractivity contribution < 1.29 is 4.79 Å². The highest BCUT2D eigenvalue weighted by Crippen LogP contribution is 2.32. The number of hydrogen-bond acceptors (Lipinski definition) is 3. The second-order valence-electron chi connectivity index (χ2n) is 7.24. The molecule has 0 spiro atoms. The van der Waals surface area contributed by atoms with Crippen molar-refractivity contribution in [2.45, 2.75) is 6.42 Å². The van der Waals surface area contributed by atoms with E-state index >= 15 is 0 Å². The van der Waals surface area contributed by atoms with Gasteiger partial charge in [0.25, 0.3) is 0 Å². The summed E-state index contributed by atoms with van der Waals surface area (Å²) in [7, 11) is 0. The molecule has 4 rings (SSSR count). The summed E-state index contributed by atoms with van der Waals surface area (Å²) in [4.78, 5) is 19.9. The zero-order chi connectivity index (χ0) is 21.6. The third-order valence-corrected chi connectivity index (χ3v) is 5.11. The van der Waals surface area contributed by atoms with Crippen molar-refractivity contribution in [2.24, 2.45) is 11.5 Å². The Kier molecular flexibility index (Phi) is 6.05. The topological polar surface area (TPSA) is 97.8 Å². The number of aromatic amines is 1. The van der Waals surface area contributed by atoms with Gasteiger partial charge in [-0.2, -0.15) is 0 Å². The van der Waals surface area contributed by atoms with E-state index < -0.39 is 5.91 Å². The average Bonchev–Trinajstić information content (AvgIpc) is 3.23. The molecular weight excluding hydrogens is 384 g/mol. The first-order chi connectivity index (χ1) is 15.2. The molecule has 0 aliphatic carbocycles. The quantitative estimate of drug-likeness (QED) is 0.419. The van der Waals surface area contributed by atoms with Gasteiger partial charge in [-0.05, 0) is 48.0 Å². The van der Waals surface area contributed by atoms with Gasteiger partial charge in [-0.1, -0.05) is 54.6 Å². The van der Waals surface area contributed by atoms with Gasteiger partial charge in [0.15, 0.2) is 0 Å². The van der Waals surface area contributed by atoms with Crippen LogP contribution in [0.4, 0.5) is 0 Å². The lowest BCUT2D eigenvalue weighted by Gasteiger charge is -2.07. The maximum atomic E-state index is 11.9. The van der Waals surface area contributed by atoms with Gasteiger partial charge < -0.3 is 16.5 Å². The van der Waals surface area contributed by atoms with Crippen LogP contribution < -0.4 is 11.5 Å².